The van der Waals surface area contributed by atoms with Crippen LogP contribution in [0.3, 0.4) is 0 Å². The Morgan fingerprint density at radius 2 is 2.11 bits per heavy atom. The van der Waals surface area contributed by atoms with Crippen molar-refractivity contribution in [1.82, 2.24) is 4.90 Å². The number of piperidine rings is 1. The van der Waals surface area contributed by atoms with Gasteiger partial charge in [-0.1, -0.05) is 19.9 Å². The lowest BCUT2D eigenvalue weighted by Crippen LogP contribution is -2.53. The summed E-state index contributed by atoms with van der Waals surface area (Å²) in [5.74, 6) is 1.12. The van der Waals surface area contributed by atoms with E-state index in [4.69, 9.17) is 0 Å². The van der Waals surface area contributed by atoms with Gasteiger partial charge in [-0.15, -0.1) is 0 Å². The van der Waals surface area contributed by atoms with Crippen LogP contribution < -0.4 is 0 Å². The number of phenolic OH excluding ortho intramolecular Hbond substituents is 1. The predicted octanol–water partition coefficient (Wildman–Crippen LogP) is 2.94. The van der Waals surface area contributed by atoms with Gasteiger partial charge in [0.2, 0.25) is 0 Å². The standard InChI is InChI=1S/C16H23NO/c1-16(2)13-5-4-8-17(3)15(13)9-11-6-7-12(18)10-14(11)16/h6-7,10,13,15,18H,4-5,8-9H2,1-3H3/t13-,15-/m1/s1. The van der Waals surface area contributed by atoms with Crippen molar-refractivity contribution in [3.8, 4) is 5.75 Å². The van der Waals surface area contributed by atoms with Gasteiger partial charge in [0.05, 0.1) is 0 Å². The van der Waals surface area contributed by atoms with Crippen molar-refractivity contribution in [2.24, 2.45) is 5.92 Å². The minimum Gasteiger partial charge on any atom is -0.508 e. The number of nitrogens with zero attached hydrogens (tertiary/aromatic N) is 1. The molecule has 1 heterocycles. The molecule has 3 rings (SSSR count). The van der Waals surface area contributed by atoms with Gasteiger partial charge in [-0.2, -0.15) is 0 Å². The van der Waals surface area contributed by atoms with Gasteiger partial charge < -0.3 is 10.0 Å². The molecule has 2 atom stereocenters. The van der Waals surface area contributed by atoms with E-state index in [-0.39, 0.29) is 5.41 Å². The summed E-state index contributed by atoms with van der Waals surface area (Å²) in [6, 6.07) is 6.61. The minimum absolute atomic E-state index is 0.172. The monoisotopic (exact) mass is 245 g/mol. The molecular formula is C16H23NO. The van der Waals surface area contributed by atoms with E-state index >= 15 is 0 Å². The molecule has 2 nitrogen and oxygen atoms in total. The van der Waals surface area contributed by atoms with Crippen LogP contribution in [0.5, 0.6) is 5.75 Å². The second-order valence-electron chi connectivity index (χ2n) is 6.56. The number of phenols is 1. The Morgan fingerprint density at radius 1 is 1.33 bits per heavy atom. The largest absolute Gasteiger partial charge is 0.508 e. The number of hydrogen-bond acceptors (Lipinski definition) is 2. The third-order valence-corrected chi connectivity index (χ3v) is 5.20. The molecule has 2 aliphatic rings. The van der Waals surface area contributed by atoms with Crippen molar-refractivity contribution in [1.29, 1.82) is 0 Å². The van der Waals surface area contributed by atoms with Gasteiger partial charge in [-0.25, -0.2) is 0 Å². The quantitative estimate of drug-likeness (QED) is 0.759. The molecule has 1 aliphatic heterocycles. The molecule has 2 heteroatoms. The van der Waals surface area contributed by atoms with Crippen LogP contribution in [0.15, 0.2) is 18.2 Å². The maximum absolute atomic E-state index is 9.76. The van der Waals surface area contributed by atoms with Gasteiger partial charge in [-0.05, 0) is 67.4 Å². The molecule has 1 saturated heterocycles. The summed E-state index contributed by atoms with van der Waals surface area (Å²) in [7, 11) is 2.26. The van der Waals surface area contributed by atoms with Gasteiger partial charge >= 0.3 is 0 Å². The third-order valence-electron chi connectivity index (χ3n) is 5.20. The average Bonchev–Trinajstić information content (AvgIpc) is 2.32. The summed E-state index contributed by atoms with van der Waals surface area (Å²) in [6.45, 7) is 5.92. The van der Waals surface area contributed by atoms with Gasteiger partial charge in [0.15, 0.2) is 0 Å². The molecule has 0 spiro atoms. The van der Waals surface area contributed by atoms with Crippen molar-refractivity contribution < 1.29 is 5.11 Å². The third kappa shape index (κ3) is 1.66. The topological polar surface area (TPSA) is 23.5 Å². The number of fused-ring (bicyclic) bond motifs is 2. The predicted molar refractivity (Wildman–Crippen MR) is 74.0 cm³/mol. The van der Waals surface area contributed by atoms with Crippen molar-refractivity contribution in [2.45, 2.75) is 44.6 Å². The van der Waals surface area contributed by atoms with Crippen molar-refractivity contribution in [3.63, 3.8) is 0 Å². The average molecular weight is 245 g/mol. The van der Waals surface area contributed by atoms with Gasteiger partial charge in [-0.3, -0.25) is 0 Å². The van der Waals surface area contributed by atoms with Crippen LogP contribution in [-0.2, 0) is 11.8 Å². The lowest BCUT2D eigenvalue weighted by atomic mass is 9.60. The van der Waals surface area contributed by atoms with Crippen LogP contribution in [0.2, 0.25) is 0 Å². The first-order chi connectivity index (χ1) is 8.50. The van der Waals surface area contributed by atoms with E-state index in [0.717, 1.165) is 6.42 Å². The summed E-state index contributed by atoms with van der Waals surface area (Å²) < 4.78 is 0. The van der Waals surface area contributed by atoms with Crippen molar-refractivity contribution in [2.75, 3.05) is 13.6 Å². The van der Waals surface area contributed by atoms with Crippen LogP contribution in [0.1, 0.15) is 37.8 Å². The molecule has 0 radical (unpaired) electrons. The zero-order valence-corrected chi connectivity index (χ0v) is 11.6. The summed E-state index contributed by atoms with van der Waals surface area (Å²) in [4.78, 5) is 2.53. The minimum atomic E-state index is 0.172. The second-order valence-corrected chi connectivity index (χ2v) is 6.56. The number of likely N-dealkylation sites (tertiary alicyclic amines) is 1. The lowest BCUT2D eigenvalue weighted by Gasteiger charge is -2.51. The Bertz CT molecular complexity index is 466. The van der Waals surface area contributed by atoms with Crippen LogP contribution in [0.4, 0.5) is 0 Å². The number of rotatable bonds is 0. The fourth-order valence-electron chi connectivity index (χ4n) is 4.13. The maximum atomic E-state index is 9.76. The Labute approximate surface area is 110 Å². The normalized spacial score (nSPS) is 30.6. The molecule has 1 N–H and O–H groups in total. The zero-order chi connectivity index (χ0) is 12.9. The molecule has 1 aromatic carbocycles. The van der Waals surface area contributed by atoms with Gasteiger partial charge in [0.25, 0.3) is 0 Å². The first-order valence-corrected chi connectivity index (χ1v) is 7.03. The highest BCUT2D eigenvalue weighted by atomic mass is 16.3. The van der Waals surface area contributed by atoms with Crippen molar-refractivity contribution in [3.05, 3.63) is 29.3 Å². The molecule has 1 fully saturated rings. The molecule has 98 valence electrons. The molecule has 0 aromatic heterocycles. The first kappa shape index (κ1) is 12.0. The number of aromatic hydroxyl groups is 1. The van der Waals surface area contributed by atoms with E-state index in [1.807, 2.05) is 12.1 Å². The van der Waals surface area contributed by atoms with Gasteiger partial charge in [0, 0.05) is 6.04 Å². The van der Waals surface area contributed by atoms with E-state index in [2.05, 4.69) is 31.9 Å². The summed E-state index contributed by atoms with van der Waals surface area (Å²) in [6.07, 6.45) is 3.76. The SMILES string of the molecule is CN1CCC[C@@H]2[C@H]1Cc1ccc(O)cc1C2(C)C. The van der Waals surface area contributed by atoms with E-state index < -0.39 is 0 Å². The van der Waals surface area contributed by atoms with E-state index in [1.54, 1.807) is 0 Å². The van der Waals surface area contributed by atoms with E-state index in [0.29, 0.717) is 17.7 Å². The lowest BCUT2D eigenvalue weighted by molar-refractivity contribution is 0.0637. The Balaban J connectivity index is 2.09. The summed E-state index contributed by atoms with van der Waals surface area (Å²) in [5.41, 5.74) is 2.96. The molecule has 0 bridgehead atoms. The smallest absolute Gasteiger partial charge is 0.115 e. The maximum Gasteiger partial charge on any atom is 0.115 e. The van der Waals surface area contributed by atoms with E-state index in [1.165, 1.54) is 30.5 Å². The number of benzene rings is 1. The molecule has 0 amide bonds. The van der Waals surface area contributed by atoms with Crippen LogP contribution >= 0.6 is 0 Å². The van der Waals surface area contributed by atoms with Gasteiger partial charge in [0.1, 0.15) is 5.75 Å². The zero-order valence-electron chi connectivity index (χ0n) is 11.6. The molecule has 0 unspecified atom stereocenters. The van der Waals surface area contributed by atoms with Crippen LogP contribution in [0, 0.1) is 5.92 Å². The summed E-state index contributed by atoms with van der Waals surface area (Å²) in [5, 5.41) is 9.76. The van der Waals surface area contributed by atoms with Crippen LogP contribution in [0.25, 0.3) is 0 Å². The number of likely N-dealkylation sites (N-methyl/N-ethyl adjacent to an activating group) is 1. The molecule has 1 aromatic rings. The number of hydrogen-bond donors (Lipinski definition) is 1. The fraction of sp³-hybridized carbons (Fsp3) is 0.625. The molecule has 1 aliphatic carbocycles. The van der Waals surface area contributed by atoms with E-state index in [9.17, 15) is 5.11 Å². The molecular weight excluding hydrogens is 222 g/mol. The highest BCUT2D eigenvalue weighted by molar-refractivity contribution is 5.43. The summed E-state index contributed by atoms with van der Waals surface area (Å²) >= 11 is 0. The Kier molecular flexibility index (Phi) is 2.67. The Morgan fingerprint density at radius 3 is 2.89 bits per heavy atom. The molecule has 18 heavy (non-hydrogen) atoms. The first-order valence-electron chi connectivity index (χ1n) is 7.03. The second kappa shape index (κ2) is 3.99. The highest BCUT2D eigenvalue weighted by Crippen LogP contribution is 2.47. The van der Waals surface area contributed by atoms with Crippen molar-refractivity contribution >= 4 is 0 Å². The van der Waals surface area contributed by atoms with Crippen LogP contribution in [-0.4, -0.2) is 29.6 Å². The highest BCUT2D eigenvalue weighted by Gasteiger charge is 2.45. The Hall–Kier alpha value is -1.02. The molecule has 0 saturated carbocycles. The fourth-order valence-corrected chi connectivity index (χ4v) is 4.13.